The second-order valence-corrected chi connectivity index (χ2v) is 5.36. The van der Waals surface area contributed by atoms with E-state index < -0.39 is 0 Å². The molecule has 2 rings (SSSR count). The van der Waals surface area contributed by atoms with E-state index in [0.29, 0.717) is 0 Å². The molecule has 1 fully saturated rings. The number of hydrogen-bond donors (Lipinski definition) is 1. The number of nitrogens with zero attached hydrogens (tertiary/aromatic N) is 1. The summed E-state index contributed by atoms with van der Waals surface area (Å²) in [7, 11) is 0. The van der Waals surface area contributed by atoms with Crippen molar-refractivity contribution in [1.29, 1.82) is 0 Å². The molecule has 0 saturated carbocycles. The SMILES string of the molecule is NCCCCc1ccc(CCN2CCCC2)cc1. The second kappa shape index (κ2) is 7.55. The molecule has 1 aromatic rings. The van der Waals surface area contributed by atoms with Crippen molar-refractivity contribution in [1.82, 2.24) is 4.90 Å². The Morgan fingerprint density at radius 3 is 2.11 bits per heavy atom. The topological polar surface area (TPSA) is 29.3 Å². The fourth-order valence-electron chi connectivity index (χ4n) is 2.64. The summed E-state index contributed by atoms with van der Waals surface area (Å²) in [6.07, 6.45) is 7.49. The number of aryl methyl sites for hydroxylation is 1. The smallest absolute Gasteiger partial charge is 0.00218 e. The fourth-order valence-corrected chi connectivity index (χ4v) is 2.64. The van der Waals surface area contributed by atoms with Gasteiger partial charge in [-0.15, -0.1) is 0 Å². The lowest BCUT2D eigenvalue weighted by Crippen LogP contribution is -2.21. The third kappa shape index (κ3) is 4.43. The normalized spacial score (nSPS) is 16.3. The molecule has 0 amide bonds. The molecular weight excluding hydrogens is 220 g/mol. The zero-order chi connectivity index (χ0) is 12.6. The third-order valence-electron chi connectivity index (χ3n) is 3.86. The number of likely N-dealkylation sites (tertiary alicyclic amines) is 1. The van der Waals surface area contributed by atoms with E-state index in [-0.39, 0.29) is 0 Å². The van der Waals surface area contributed by atoms with Crippen LogP contribution >= 0.6 is 0 Å². The Balaban J connectivity index is 1.72. The molecule has 0 unspecified atom stereocenters. The van der Waals surface area contributed by atoms with E-state index in [1.165, 1.54) is 62.9 Å². The Hall–Kier alpha value is -0.860. The summed E-state index contributed by atoms with van der Waals surface area (Å²) in [5, 5.41) is 0. The van der Waals surface area contributed by atoms with Crippen molar-refractivity contribution < 1.29 is 0 Å². The molecule has 2 heteroatoms. The first-order chi connectivity index (χ1) is 8.88. The molecule has 1 aliphatic heterocycles. The first-order valence-corrected chi connectivity index (χ1v) is 7.39. The molecule has 2 N–H and O–H groups in total. The van der Waals surface area contributed by atoms with Gasteiger partial charge in [-0.25, -0.2) is 0 Å². The molecule has 0 aromatic heterocycles. The number of unbranched alkanes of at least 4 members (excludes halogenated alkanes) is 1. The lowest BCUT2D eigenvalue weighted by Gasteiger charge is -2.14. The van der Waals surface area contributed by atoms with Crippen LogP contribution in [0.2, 0.25) is 0 Å². The van der Waals surface area contributed by atoms with Crippen molar-refractivity contribution in [2.75, 3.05) is 26.2 Å². The van der Waals surface area contributed by atoms with Gasteiger partial charge in [0.2, 0.25) is 0 Å². The van der Waals surface area contributed by atoms with Crippen molar-refractivity contribution in [2.45, 2.75) is 38.5 Å². The summed E-state index contributed by atoms with van der Waals surface area (Å²) in [5.74, 6) is 0. The highest BCUT2D eigenvalue weighted by atomic mass is 15.1. The molecular formula is C16H26N2. The van der Waals surface area contributed by atoms with Gasteiger partial charge in [-0.2, -0.15) is 0 Å². The summed E-state index contributed by atoms with van der Waals surface area (Å²) in [6, 6.07) is 9.17. The summed E-state index contributed by atoms with van der Waals surface area (Å²) in [4.78, 5) is 2.58. The van der Waals surface area contributed by atoms with Gasteiger partial charge >= 0.3 is 0 Å². The van der Waals surface area contributed by atoms with Gasteiger partial charge in [-0.3, -0.25) is 0 Å². The fraction of sp³-hybridized carbons (Fsp3) is 0.625. The molecule has 1 aromatic carbocycles. The third-order valence-corrected chi connectivity index (χ3v) is 3.86. The Morgan fingerprint density at radius 1 is 0.889 bits per heavy atom. The molecule has 1 aliphatic rings. The van der Waals surface area contributed by atoms with Crippen LogP contribution in [-0.2, 0) is 12.8 Å². The van der Waals surface area contributed by atoms with Crippen LogP contribution in [0.3, 0.4) is 0 Å². The van der Waals surface area contributed by atoms with E-state index in [4.69, 9.17) is 5.73 Å². The highest BCUT2D eigenvalue weighted by Gasteiger charge is 2.10. The lowest BCUT2D eigenvalue weighted by atomic mass is 10.0. The van der Waals surface area contributed by atoms with Crippen LogP contribution in [0.4, 0.5) is 0 Å². The van der Waals surface area contributed by atoms with Crippen molar-refractivity contribution in [3.8, 4) is 0 Å². The van der Waals surface area contributed by atoms with Crippen LogP contribution in [0.15, 0.2) is 24.3 Å². The number of benzene rings is 1. The van der Waals surface area contributed by atoms with Crippen molar-refractivity contribution in [3.63, 3.8) is 0 Å². The minimum absolute atomic E-state index is 0.813. The average Bonchev–Trinajstić information content (AvgIpc) is 2.91. The van der Waals surface area contributed by atoms with E-state index in [1.807, 2.05) is 0 Å². The highest BCUT2D eigenvalue weighted by molar-refractivity contribution is 5.22. The summed E-state index contributed by atoms with van der Waals surface area (Å²) in [5.41, 5.74) is 8.44. The maximum atomic E-state index is 5.51. The Morgan fingerprint density at radius 2 is 1.50 bits per heavy atom. The van der Waals surface area contributed by atoms with Gasteiger partial charge in [-0.1, -0.05) is 24.3 Å². The molecule has 18 heavy (non-hydrogen) atoms. The van der Waals surface area contributed by atoms with Crippen LogP contribution in [0.25, 0.3) is 0 Å². The molecule has 1 saturated heterocycles. The van der Waals surface area contributed by atoms with Crippen LogP contribution < -0.4 is 5.73 Å². The second-order valence-electron chi connectivity index (χ2n) is 5.36. The zero-order valence-corrected chi connectivity index (χ0v) is 11.4. The molecule has 0 spiro atoms. The van der Waals surface area contributed by atoms with Gasteiger partial charge in [-0.05, 0) is 69.3 Å². The highest BCUT2D eigenvalue weighted by Crippen LogP contribution is 2.11. The molecule has 0 aliphatic carbocycles. The number of nitrogens with two attached hydrogens (primary N) is 1. The van der Waals surface area contributed by atoms with Gasteiger partial charge in [0.1, 0.15) is 0 Å². The molecule has 0 radical (unpaired) electrons. The van der Waals surface area contributed by atoms with Gasteiger partial charge in [0.25, 0.3) is 0 Å². The Labute approximate surface area is 111 Å². The largest absolute Gasteiger partial charge is 0.330 e. The van der Waals surface area contributed by atoms with Crippen molar-refractivity contribution >= 4 is 0 Å². The number of hydrogen-bond acceptors (Lipinski definition) is 2. The molecule has 100 valence electrons. The van der Waals surface area contributed by atoms with Crippen LogP contribution in [0.1, 0.15) is 36.8 Å². The van der Waals surface area contributed by atoms with E-state index >= 15 is 0 Å². The quantitative estimate of drug-likeness (QED) is 0.749. The zero-order valence-electron chi connectivity index (χ0n) is 11.4. The van der Waals surface area contributed by atoms with Crippen LogP contribution in [0, 0.1) is 0 Å². The van der Waals surface area contributed by atoms with Crippen molar-refractivity contribution in [2.24, 2.45) is 5.73 Å². The summed E-state index contributed by atoms with van der Waals surface area (Å²) < 4.78 is 0. The standard InChI is InChI=1S/C16H26N2/c17-11-2-1-5-15-6-8-16(9-7-15)10-14-18-12-3-4-13-18/h6-9H,1-5,10-14,17H2. The maximum absolute atomic E-state index is 5.51. The summed E-state index contributed by atoms with van der Waals surface area (Å²) >= 11 is 0. The average molecular weight is 246 g/mol. The lowest BCUT2D eigenvalue weighted by molar-refractivity contribution is 0.343. The first-order valence-electron chi connectivity index (χ1n) is 7.39. The number of rotatable bonds is 7. The molecule has 0 bridgehead atoms. The first kappa shape index (κ1) is 13.6. The van der Waals surface area contributed by atoms with Crippen LogP contribution in [-0.4, -0.2) is 31.1 Å². The van der Waals surface area contributed by atoms with E-state index in [1.54, 1.807) is 0 Å². The maximum Gasteiger partial charge on any atom is 0.00218 e. The Bertz CT molecular complexity index is 325. The summed E-state index contributed by atoms with van der Waals surface area (Å²) in [6.45, 7) is 4.65. The van der Waals surface area contributed by atoms with Gasteiger partial charge < -0.3 is 10.6 Å². The van der Waals surface area contributed by atoms with E-state index in [0.717, 1.165) is 13.0 Å². The van der Waals surface area contributed by atoms with Gasteiger partial charge in [0, 0.05) is 6.54 Å². The molecule has 2 nitrogen and oxygen atoms in total. The predicted octanol–water partition coefficient (Wildman–Crippen LogP) is 2.61. The van der Waals surface area contributed by atoms with E-state index in [2.05, 4.69) is 29.2 Å². The monoisotopic (exact) mass is 246 g/mol. The predicted molar refractivity (Wildman–Crippen MR) is 77.8 cm³/mol. The molecule has 0 atom stereocenters. The van der Waals surface area contributed by atoms with E-state index in [9.17, 15) is 0 Å². The minimum atomic E-state index is 0.813. The van der Waals surface area contributed by atoms with Crippen molar-refractivity contribution in [3.05, 3.63) is 35.4 Å². The van der Waals surface area contributed by atoms with Crippen LogP contribution in [0.5, 0.6) is 0 Å². The van der Waals surface area contributed by atoms with Gasteiger partial charge in [0.05, 0.1) is 0 Å². The molecule has 1 heterocycles. The Kier molecular flexibility index (Phi) is 5.69. The van der Waals surface area contributed by atoms with Gasteiger partial charge in [0.15, 0.2) is 0 Å². The minimum Gasteiger partial charge on any atom is -0.330 e.